The zero-order chi connectivity index (χ0) is 31.7. The van der Waals surface area contributed by atoms with Gasteiger partial charge in [-0.25, -0.2) is 8.78 Å². The number of ether oxygens (including phenoxy) is 2. The molecule has 236 valence electrons. The van der Waals surface area contributed by atoms with E-state index >= 15 is 8.78 Å². The highest BCUT2D eigenvalue weighted by atomic mass is 19.1. The van der Waals surface area contributed by atoms with E-state index in [-0.39, 0.29) is 57.1 Å². The molecule has 8 nitrogen and oxygen atoms in total. The average Bonchev–Trinajstić information content (AvgIpc) is 3.41. The maximum Gasteiger partial charge on any atom is 0.319 e. The summed E-state index contributed by atoms with van der Waals surface area (Å²) < 4.78 is 44.6. The molecule has 0 spiro atoms. The van der Waals surface area contributed by atoms with Crippen molar-refractivity contribution in [1.29, 1.82) is 0 Å². The predicted molar refractivity (Wildman–Crippen MR) is 173 cm³/mol. The largest absolute Gasteiger partial charge is 0.463 e. The van der Waals surface area contributed by atoms with E-state index < -0.39 is 11.6 Å². The van der Waals surface area contributed by atoms with Crippen LogP contribution in [0, 0.1) is 29.4 Å². The Kier molecular flexibility index (Phi) is 6.89. The Morgan fingerprint density at radius 3 is 2.59 bits per heavy atom. The molecule has 9 rings (SSSR count). The molecular formula is C36H35F2N5O3. The number of nitrogens with zero attached hydrogens (tertiary/aromatic N) is 3. The lowest BCUT2D eigenvalue weighted by Gasteiger charge is -2.45. The van der Waals surface area contributed by atoms with Gasteiger partial charge in [-0.05, 0) is 80.7 Å². The molecular weight excluding hydrogens is 588 g/mol. The maximum absolute atomic E-state index is 17.3. The molecule has 3 N–H and O–H groups in total. The number of anilines is 2. The van der Waals surface area contributed by atoms with Crippen molar-refractivity contribution in [1.82, 2.24) is 15.3 Å². The van der Waals surface area contributed by atoms with E-state index in [0.717, 1.165) is 38.5 Å². The minimum atomic E-state index is -0.742. The van der Waals surface area contributed by atoms with Gasteiger partial charge in [0.1, 0.15) is 17.2 Å². The number of halogens is 2. The van der Waals surface area contributed by atoms with Gasteiger partial charge < -0.3 is 25.4 Å². The smallest absolute Gasteiger partial charge is 0.319 e. The topological polar surface area (TPSA) is 103 Å². The Labute approximate surface area is 265 Å². The van der Waals surface area contributed by atoms with Gasteiger partial charge in [-0.3, -0.25) is 4.79 Å². The van der Waals surface area contributed by atoms with Crippen LogP contribution in [0.15, 0.2) is 30.3 Å². The number of terminal acetylenes is 1. The maximum atomic E-state index is 17.3. The molecule has 1 aliphatic carbocycles. The molecule has 1 aromatic heterocycles. The highest BCUT2D eigenvalue weighted by molar-refractivity contribution is 6.12. The van der Waals surface area contributed by atoms with Crippen molar-refractivity contribution in [2.45, 2.75) is 63.6 Å². The van der Waals surface area contributed by atoms with Gasteiger partial charge in [0, 0.05) is 58.2 Å². The van der Waals surface area contributed by atoms with Crippen molar-refractivity contribution in [3.8, 4) is 29.5 Å². The monoisotopic (exact) mass is 623 g/mol. The first kappa shape index (κ1) is 29.1. The lowest BCUT2D eigenvalue weighted by molar-refractivity contribution is -0.128. The van der Waals surface area contributed by atoms with Gasteiger partial charge in [0.2, 0.25) is 0 Å². The summed E-state index contributed by atoms with van der Waals surface area (Å²) in [5, 5.41) is 4.88. The van der Waals surface area contributed by atoms with Crippen LogP contribution in [0.1, 0.15) is 61.4 Å². The summed E-state index contributed by atoms with van der Waals surface area (Å²) in [4.78, 5) is 25.0. The summed E-state index contributed by atoms with van der Waals surface area (Å²) in [6.07, 6.45) is 12.2. The zero-order valence-corrected chi connectivity index (χ0v) is 25.7. The second-order valence-corrected chi connectivity index (χ2v) is 13.5. The first-order chi connectivity index (χ1) is 22.2. The van der Waals surface area contributed by atoms with E-state index in [1.165, 1.54) is 19.1 Å². The summed E-state index contributed by atoms with van der Waals surface area (Å²) >= 11 is 0. The molecule has 5 fully saturated rings. The summed E-state index contributed by atoms with van der Waals surface area (Å²) in [6.45, 7) is 3.73. The number of nitrogens with two attached hydrogens (primary N) is 1. The highest BCUT2D eigenvalue weighted by Crippen LogP contribution is 2.45. The Morgan fingerprint density at radius 1 is 1.15 bits per heavy atom. The lowest BCUT2D eigenvalue weighted by atomic mass is 9.72. The van der Waals surface area contributed by atoms with Crippen molar-refractivity contribution in [3.63, 3.8) is 0 Å². The molecule has 0 radical (unpaired) electrons. The first-order valence-electron chi connectivity index (χ1n) is 16.0. The Hall–Kier alpha value is -4.33. The average molecular weight is 624 g/mol. The fourth-order valence-corrected chi connectivity index (χ4v) is 8.02. The van der Waals surface area contributed by atoms with Crippen LogP contribution in [0.4, 0.5) is 20.3 Å². The third-order valence-electron chi connectivity index (χ3n) is 10.4. The van der Waals surface area contributed by atoms with E-state index in [1.807, 2.05) is 0 Å². The number of Topliss-reactive ketones (excluding diaryl/α,β-unsaturated/α-hetero) is 1. The number of hydrogen-bond donors (Lipinski definition) is 2. The minimum absolute atomic E-state index is 0.0150. The molecule has 46 heavy (non-hydrogen) atoms. The van der Waals surface area contributed by atoms with E-state index in [1.54, 1.807) is 18.2 Å². The van der Waals surface area contributed by atoms with Crippen LogP contribution in [-0.4, -0.2) is 60.2 Å². The van der Waals surface area contributed by atoms with Crippen molar-refractivity contribution in [3.05, 3.63) is 53.1 Å². The van der Waals surface area contributed by atoms with Crippen molar-refractivity contribution >= 4 is 39.0 Å². The first-order valence-corrected chi connectivity index (χ1v) is 16.0. The van der Waals surface area contributed by atoms with E-state index in [0.29, 0.717) is 60.1 Å². The van der Waals surface area contributed by atoms with E-state index in [9.17, 15) is 4.79 Å². The normalized spacial score (nSPS) is 25.3. The summed E-state index contributed by atoms with van der Waals surface area (Å²) in [5.74, 6) is 1.21. The standard InChI is InChI=1S/C36H35F2N5O3/c1-3-25-29(37)7-4-20-12-21(39)13-27(30(20)25)31-26(19(2)44)14-28-33(32(31)38)41-35(46-18-36-10-8-24(9-11-36)45-17-36)42-34(28)43-15-22-5-6-23(16-43)40-22/h1,4,7,12-14,22-24,40H,5-6,8-11,15-18,39H2,2H3/t22-,23+,24?,36?. The van der Waals surface area contributed by atoms with Crippen molar-refractivity contribution in [2.75, 3.05) is 36.9 Å². The molecule has 0 unspecified atom stereocenters. The minimum Gasteiger partial charge on any atom is -0.463 e. The molecule has 4 aromatic rings. The molecule has 4 saturated heterocycles. The van der Waals surface area contributed by atoms with Crippen molar-refractivity contribution in [2.24, 2.45) is 5.41 Å². The molecule has 1 saturated carbocycles. The number of aromatic nitrogens is 2. The van der Waals surface area contributed by atoms with Gasteiger partial charge in [-0.2, -0.15) is 9.97 Å². The molecule has 0 amide bonds. The second kappa shape index (κ2) is 10.9. The van der Waals surface area contributed by atoms with Crippen LogP contribution in [0.5, 0.6) is 6.01 Å². The number of hydrogen-bond acceptors (Lipinski definition) is 8. The van der Waals surface area contributed by atoms with Crippen molar-refractivity contribution < 1.29 is 23.0 Å². The van der Waals surface area contributed by atoms with Gasteiger partial charge in [-0.1, -0.05) is 12.0 Å². The number of fused-ring (bicyclic) bond motifs is 7. The van der Waals surface area contributed by atoms with Gasteiger partial charge in [0.15, 0.2) is 11.6 Å². The fourth-order valence-electron chi connectivity index (χ4n) is 8.02. The van der Waals surface area contributed by atoms with Crippen LogP contribution in [0.25, 0.3) is 32.8 Å². The van der Waals surface area contributed by atoms with E-state index in [4.69, 9.17) is 26.6 Å². The molecule has 3 aromatic carbocycles. The highest BCUT2D eigenvalue weighted by Gasteiger charge is 2.42. The number of piperazine rings is 1. The molecule has 5 aliphatic rings. The Balaban J connectivity index is 1.34. The van der Waals surface area contributed by atoms with E-state index in [2.05, 4.69) is 21.1 Å². The molecule has 2 atom stereocenters. The van der Waals surface area contributed by atoms with Gasteiger partial charge in [0.25, 0.3) is 0 Å². The number of carbonyl (C=O) groups excluding carboxylic acids is 1. The molecule has 5 heterocycles. The third-order valence-corrected chi connectivity index (χ3v) is 10.4. The summed E-state index contributed by atoms with van der Waals surface area (Å²) in [7, 11) is 0. The molecule has 10 heteroatoms. The van der Waals surface area contributed by atoms with Gasteiger partial charge >= 0.3 is 6.01 Å². The quantitative estimate of drug-likeness (QED) is 0.159. The summed E-state index contributed by atoms with van der Waals surface area (Å²) in [6, 6.07) is 8.29. The number of rotatable bonds is 6. The van der Waals surface area contributed by atoms with Gasteiger partial charge in [-0.15, -0.1) is 6.42 Å². The summed E-state index contributed by atoms with van der Waals surface area (Å²) in [5.41, 5.74) is 6.75. The fraction of sp³-hybridized carbons (Fsp3) is 0.417. The number of carbonyl (C=O) groups is 1. The number of ketones is 1. The number of nitrogens with one attached hydrogen (secondary N) is 1. The predicted octanol–water partition coefficient (Wildman–Crippen LogP) is 5.77. The number of nitrogen functional groups attached to an aromatic ring is 1. The Bertz CT molecular complexity index is 1940. The van der Waals surface area contributed by atoms with Crippen LogP contribution < -0.4 is 20.7 Å². The molecule has 4 aliphatic heterocycles. The lowest BCUT2D eigenvalue weighted by Crippen LogP contribution is -2.51. The van der Waals surface area contributed by atoms with Crippen LogP contribution in [0.2, 0.25) is 0 Å². The Morgan fingerprint density at radius 2 is 1.91 bits per heavy atom. The SMILES string of the molecule is C#Cc1c(F)ccc2cc(N)cc(-c3c(C(C)=O)cc4c(N5C[C@H]6CC[C@@H](C5)N6)nc(OCC56CCC(CC5)OC6)nc4c3F)c12. The second-order valence-electron chi connectivity index (χ2n) is 13.5. The van der Waals surface area contributed by atoms with Crippen LogP contribution >= 0.6 is 0 Å². The van der Waals surface area contributed by atoms with Crippen LogP contribution in [-0.2, 0) is 4.74 Å². The zero-order valence-electron chi connectivity index (χ0n) is 25.7. The van der Waals surface area contributed by atoms with Crippen LogP contribution in [0.3, 0.4) is 0 Å². The molecule has 4 bridgehead atoms. The van der Waals surface area contributed by atoms with Gasteiger partial charge in [0.05, 0.1) is 24.9 Å². The number of benzene rings is 3. The third kappa shape index (κ3) is 4.76.